The molecule has 0 aliphatic carbocycles. The van der Waals surface area contributed by atoms with Gasteiger partial charge in [-0.25, -0.2) is 9.38 Å². The van der Waals surface area contributed by atoms with Crippen molar-refractivity contribution in [2.24, 2.45) is 10.7 Å². The standard InChI is InChI=1S/C17H23FN4O/c18-15-3-5-16(6-4-15)21-7-9-22(10-8-21)17(19)20-12-14-2-1-11-23-13-14/h2-6H,1,7-13H2,(H2,19,20). The predicted molar refractivity (Wildman–Crippen MR) is 90.2 cm³/mol. The Bertz CT molecular complexity index is 577. The van der Waals surface area contributed by atoms with Gasteiger partial charge in [0.25, 0.3) is 0 Å². The van der Waals surface area contributed by atoms with E-state index in [0.717, 1.165) is 44.9 Å². The second-order valence-electron chi connectivity index (χ2n) is 5.83. The van der Waals surface area contributed by atoms with E-state index in [-0.39, 0.29) is 5.82 Å². The van der Waals surface area contributed by atoms with Crippen LogP contribution in [0.4, 0.5) is 10.1 Å². The zero-order valence-electron chi connectivity index (χ0n) is 13.2. The van der Waals surface area contributed by atoms with Crippen LogP contribution in [0.25, 0.3) is 0 Å². The molecule has 2 aliphatic heterocycles. The van der Waals surface area contributed by atoms with Gasteiger partial charge in [-0.15, -0.1) is 0 Å². The van der Waals surface area contributed by atoms with E-state index in [1.54, 1.807) is 0 Å². The maximum absolute atomic E-state index is 13.0. The van der Waals surface area contributed by atoms with Crippen LogP contribution in [0, 0.1) is 5.82 Å². The Balaban J connectivity index is 1.51. The highest BCUT2D eigenvalue weighted by Gasteiger charge is 2.18. The van der Waals surface area contributed by atoms with Gasteiger partial charge in [0.05, 0.1) is 19.8 Å². The Morgan fingerprint density at radius 2 is 1.91 bits per heavy atom. The molecule has 0 amide bonds. The molecule has 0 atom stereocenters. The summed E-state index contributed by atoms with van der Waals surface area (Å²) in [5.74, 6) is 0.389. The summed E-state index contributed by atoms with van der Waals surface area (Å²) in [7, 11) is 0. The van der Waals surface area contributed by atoms with Gasteiger partial charge in [-0.3, -0.25) is 0 Å². The van der Waals surface area contributed by atoms with E-state index in [1.165, 1.54) is 17.7 Å². The first kappa shape index (κ1) is 15.8. The average Bonchev–Trinajstić information content (AvgIpc) is 2.61. The number of halogens is 1. The first-order valence-electron chi connectivity index (χ1n) is 8.03. The molecule has 1 aromatic carbocycles. The molecule has 23 heavy (non-hydrogen) atoms. The van der Waals surface area contributed by atoms with Crippen molar-refractivity contribution in [3.8, 4) is 0 Å². The molecule has 0 aromatic heterocycles. The molecule has 2 aliphatic rings. The summed E-state index contributed by atoms with van der Waals surface area (Å²) < 4.78 is 18.4. The van der Waals surface area contributed by atoms with E-state index in [0.29, 0.717) is 19.1 Å². The molecule has 0 radical (unpaired) electrons. The van der Waals surface area contributed by atoms with Gasteiger partial charge in [0.15, 0.2) is 5.96 Å². The minimum absolute atomic E-state index is 0.204. The van der Waals surface area contributed by atoms with Crippen molar-refractivity contribution in [1.29, 1.82) is 0 Å². The molecule has 3 rings (SSSR count). The third-order valence-corrected chi connectivity index (χ3v) is 4.22. The van der Waals surface area contributed by atoms with Crippen molar-refractivity contribution in [2.75, 3.05) is 50.8 Å². The highest BCUT2D eigenvalue weighted by atomic mass is 19.1. The zero-order chi connectivity index (χ0) is 16.1. The van der Waals surface area contributed by atoms with Crippen molar-refractivity contribution in [1.82, 2.24) is 4.90 Å². The second-order valence-corrected chi connectivity index (χ2v) is 5.83. The van der Waals surface area contributed by atoms with Crippen LogP contribution >= 0.6 is 0 Å². The molecule has 2 heterocycles. The smallest absolute Gasteiger partial charge is 0.191 e. The normalized spacial score (nSPS) is 19.7. The number of guanidine groups is 1. The fourth-order valence-corrected chi connectivity index (χ4v) is 2.85. The third kappa shape index (κ3) is 4.22. The van der Waals surface area contributed by atoms with Crippen LogP contribution in [0.2, 0.25) is 0 Å². The lowest BCUT2D eigenvalue weighted by Crippen LogP contribution is -2.51. The molecule has 124 valence electrons. The maximum Gasteiger partial charge on any atom is 0.191 e. The first-order valence-corrected chi connectivity index (χ1v) is 8.03. The van der Waals surface area contributed by atoms with Gasteiger partial charge in [0.2, 0.25) is 0 Å². The van der Waals surface area contributed by atoms with Gasteiger partial charge in [-0.1, -0.05) is 6.08 Å². The van der Waals surface area contributed by atoms with Gasteiger partial charge in [-0.05, 0) is 36.3 Å². The van der Waals surface area contributed by atoms with Crippen LogP contribution in [0.3, 0.4) is 0 Å². The van der Waals surface area contributed by atoms with Crippen LogP contribution < -0.4 is 10.6 Å². The highest BCUT2D eigenvalue weighted by molar-refractivity contribution is 5.78. The molecule has 1 saturated heterocycles. The summed E-state index contributed by atoms with van der Waals surface area (Å²) >= 11 is 0. The Kier molecular flexibility index (Phi) is 5.12. The summed E-state index contributed by atoms with van der Waals surface area (Å²) in [6.45, 7) is 5.43. The number of nitrogens with two attached hydrogens (primary N) is 1. The third-order valence-electron chi connectivity index (χ3n) is 4.22. The van der Waals surface area contributed by atoms with Crippen LogP contribution in [-0.2, 0) is 4.74 Å². The highest BCUT2D eigenvalue weighted by Crippen LogP contribution is 2.16. The van der Waals surface area contributed by atoms with Crippen molar-refractivity contribution >= 4 is 11.6 Å². The fourth-order valence-electron chi connectivity index (χ4n) is 2.85. The molecule has 1 aromatic rings. The second kappa shape index (κ2) is 7.46. The molecule has 5 nitrogen and oxygen atoms in total. The fraction of sp³-hybridized carbons (Fsp3) is 0.471. The van der Waals surface area contributed by atoms with Gasteiger partial charge in [0.1, 0.15) is 5.82 Å². The summed E-state index contributed by atoms with van der Waals surface area (Å²) in [5, 5.41) is 0. The molecule has 6 heteroatoms. The van der Waals surface area contributed by atoms with Gasteiger partial charge < -0.3 is 20.3 Å². The summed E-state index contributed by atoms with van der Waals surface area (Å²) in [5.41, 5.74) is 8.35. The van der Waals surface area contributed by atoms with E-state index >= 15 is 0 Å². The largest absolute Gasteiger partial charge is 0.377 e. The molecular formula is C17H23FN4O. The molecular weight excluding hydrogens is 295 g/mol. The zero-order valence-corrected chi connectivity index (χ0v) is 13.2. The summed E-state index contributed by atoms with van der Waals surface area (Å²) in [6, 6.07) is 6.63. The SMILES string of the molecule is NC(=NCC1=CCCOC1)N1CCN(c2ccc(F)cc2)CC1. The Hall–Kier alpha value is -2.08. The Morgan fingerprint density at radius 1 is 1.17 bits per heavy atom. The Labute approximate surface area is 136 Å². The monoisotopic (exact) mass is 318 g/mol. The van der Waals surface area contributed by atoms with Crippen LogP contribution in [0.1, 0.15) is 6.42 Å². The minimum atomic E-state index is -0.204. The van der Waals surface area contributed by atoms with Gasteiger partial charge in [-0.2, -0.15) is 0 Å². The number of aliphatic imine (C=N–C) groups is 1. The number of benzene rings is 1. The molecule has 0 unspecified atom stereocenters. The number of hydrogen-bond acceptors (Lipinski definition) is 3. The number of rotatable bonds is 3. The van der Waals surface area contributed by atoms with Crippen molar-refractivity contribution in [2.45, 2.75) is 6.42 Å². The predicted octanol–water partition coefficient (Wildman–Crippen LogP) is 1.61. The quantitative estimate of drug-likeness (QED) is 0.523. The lowest BCUT2D eigenvalue weighted by atomic mass is 10.2. The van der Waals surface area contributed by atoms with Crippen LogP contribution in [-0.4, -0.2) is 56.8 Å². The number of hydrogen-bond donors (Lipinski definition) is 1. The number of piperazine rings is 1. The van der Waals surface area contributed by atoms with E-state index in [4.69, 9.17) is 10.5 Å². The lowest BCUT2D eigenvalue weighted by molar-refractivity contribution is 0.149. The molecule has 0 saturated carbocycles. The number of ether oxygens (including phenoxy) is 1. The van der Waals surface area contributed by atoms with Crippen molar-refractivity contribution < 1.29 is 9.13 Å². The average molecular weight is 318 g/mol. The first-order chi connectivity index (χ1) is 11.2. The molecule has 1 fully saturated rings. The maximum atomic E-state index is 13.0. The van der Waals surface area contributed by atoms with Crippen LogP contribution in [0.5, 0.6) is 0 Å². The summed E-state index contributed by atoms with van der Waals surface area (Å²) in [6.07, 6.45) is 3.15. The molecule has 0 bridgehead atoms. The van der Waals surface area contributed by atoms with E-state index in [1.807, 2.05) is 12.1 Å². The van der Waals surface area contributed by atoms with Gasteiger partial charge >= 0.3 is 0 Å². The van der Waals surface area contributed by atoms with Crippen molar-refractivity contribution in [3.05, 3.63) is 41.7 Å². The Morgan fingerprint density at radius 3 is 2.57 bits per heavy atom. The van der Waals surface area contributed by atoms with E-state index in [9.17, 15) is 4.39 Å². The van der Waals surface area contributed by atoms with Gasteiger partial charge in [0, 0.05) is 31.9 Å². The van der Waals surface area contributed by atoms with E-state index in [2.05, 4.69) is 20.9 Å². The molecule has 0 spiro atoms. The minimum Gasteiger partial charge on any atom is -0.377 e. The van der Waals surface area contributed by atoms with Crippen LogP contribution in [0.15, 0.2) is 40.9 Å². The number of anilines is 1. The molecule has 2 N–H and O–H groups in total. The van der Waals surface area contributed by atoms with Crippen molar-refractivity contribution in [3.63, 3.8) is 0 Å². The summed E-state index contributed by atoms with van der Waals surface area (Å²) in [4.78, 5) is 8.82. The number of nitrogens with zero attached hydrogens (tertiary/aromatic N) is 3. The lowest BCUT2D eigenvalue weighted by Gasteiger charge is -2.36. The van der Waals surface area contributed by atoms with E-state index < -0.39 is 0 Å². The topological polar surface area (TPSA) is 54.1 Å².